The fraction of sp³-hybridized carbons (Fsp3) is 0.100. The van der Waals surface area contributed by atoms with Gasteiger partial charge in [0.1, 0.15) is 5.69 Å². The summed E-state index contributed by atoms with van der Waals surface area (Å²) in [5.74, 6) is 0.564. The summed E-state index contributed by atoms with van der Waals surface area (Å²) in [5.41, 5.74) is 0.382. The first-order valence-corrected chi connectivity index (χ1v) is 5.30. The highest BCUT2D eigenvalue weighted by Gasteiger charge is 2.07. The van der Waals surface area contributed by atoms with Gasteiger partial charge >= 0.3 is 0 Å². The average Bonchev–Trinajstić information content (AvgIpc) is 2.69. The van der Waals surface area contributed by atoms with Gasteiger partial charge in [-0.05, 0) is 23.5 Å². The van der Waals surface area contributed by atoms with Crippen molar-refractivity contribution in [1.82, 2.24) is 9.97 Å². The predicted octanol–water partition coefficient (Wildman–Crippen LogP) is 2.00. The second-order valence-corrected chi connectivity index (χ2v) is 3.76. The summed E-state index contributed by atoms with van der Waals surface area (Å²) in [6.07, 6.45) is 3.10. The molecule has 2 aromatic heterocycles. The molecule has 0 atom stereocenters. The van der Waals surface area contributed by atoms with Crippen molar-refractivity contribution in [3.63, 3.8) is 0 Å². The van der Waals surface area contributed by atoms with Gasteiger partial charge in [0, 0.05) is 6.20 Å². The highest BCUT2D eigenvalue weighted by Crippen LogP contribution is 2.29. The van der Waals surface area contributed by atoms with Crippen LogP contribution < -0.4 is 4.74 Å². The monoisotopic (exact) mass is 235 g/mol. The molecule has 0 aliphatic heterocycles. The minimum absolute atomic E-state index is 0.0801. The van der Waals surface area contributed by atoms with E-state index in [0.717, 1.165) is 11.3 Å². The van der Waals surface area contributed by atoms with Crippen LogP contribution in [0.1, 0.15) is 5.69 Å². The van der Waals surface area contributed by atoms with Gasteiger partial charge in [0.2, 0.25) is 5.06 Å². The lowest BCUT2D eigenvalue weighted by molar-refractivity contribution is 0.411. The molecule has 0 aliphatic rings. The average molecular weight is 235 g/mol. The van der Waals surface area contributed by atoms with E-state index < -0.39 is 0 Å². The van der Waals surface area contributed by atoms with E-state index in [-0.39, 0.29) is 5.06 Å². The lowest BCUT2D eigenvalue weighted by atomic mass is 10.4. The third-order valence-electron chi connectivity index (χ3n) is 1.76. The number of rotatable bonds is 3. The number of hydrogen-bond donors (Lipinski definition) is 1. The highest BCUT2D eigenvalue weighted by molar-refractivity contribution is 7.15. The van der Waals surface area contributed by atoms with E-state index in [1.165, 1.54) is 13.3 Å². The van der Waals surface area contributed by atoms with Crippen molar-refractivity contribution in [3.8, 4) is 10.3 Å². The zero-order valence-electron chi connectivity index (χ0n) is 8.49. The Morgan fingerprint density at radius 3 is 3.00 bits per heavy atom. The van der Waals surface area contributed by atoms with Crippen molar-refractivity contribution in [3.05, 3.63) is 30.1 Å². The summed E-state index contributed by atoms with van der Waals surface area (Å²) in [7, 11) is 1.50. The minimum Gasteiger partial charge on any atom is -0.498 e. The number of pyridine rings is 1. The Morgan fingerprint density at radius 1 is 1.50 bits per heavy atom. The number of thiazole rings is 1. The Labute approximate surface area is 96.1 Å². The first kappa shape index (κ1) is 10.6. The van der Waals surface area contributed by atoms with E-state index >= 15 is 0 Å². The Morgan fingerprint density at radius 2 is 2.38 bits per heavy atom. The molecule has 0 aromatic carbocycles. The first-order chi connectivity index (χ1) is 7.79. The normalized spacial score (nSPS) is 10.8. The summed E-state index contributed by atoms with van der Waals surface area (Å²) >= 11 is 1.06. The first-order valence-electron chi connectivity index (χ1n) is 4.48. The molecule has 0 amide bonds. The highest BCUT2D eigenvalue weighted by atomic mass is 32.1. The maximum atomic E-state index is 9.50. The van der Waals surface area contributed by atoms with Crippen LogP contribution in [0.4, 0.5) is 5.82 Å². The minimum atomic E-state index is 0.0801. The molecule has 5 nitrogen and oxygen atoms in total. The number of hydrogen-bond acceptors (Lipinski definition) is 6. The molecule has 1 N–H and O–H groups in total. The molecule has 0 fully saturated rings. The van der Waals surface area contributed by atoms with E-state index in [1.54, 1.807) is 12.3 Å². The van der Waals surface area contributed by atoms with Gasteiger partial charge in [-0.3, -0.25) is 0 Å². The molecule has 6 heteroatoms. The van der Waals surface area contributed by atoms with Gasteiger partial charge in [-0.25, -0.2) is 9.98 Å². The van der Waals surface area contributed by atoms with Gasteiger partial charge in [-0.2, -0.15) is 4.98 Å². The van der Waals surface area contributed by atoms with Crippen LogP contribution in [-0.4, -0.2) is 28.4 Å². The van der Waals surface area contributed by atoms with Gasteiger partial charge in [-0.1, -0.05) is 6.07 Å². The summed E-state index contributed by atoms with van der Waals surface area (Å²) in [4.78, 5) is 12.1. The van der Waals surface area contributed by atoms with Crippen LogP contribution in [-0.2, 0) is 0 Å². The SMILES string of the molecule is COc1nc(/C=N/c2ccccn2)c(O)s1. The second kappa shape index (κ2) is 4.71. The fourth-order valence-electron chi connectivity index (χ4n) is 1.03. The van der Waals surface area contributed by atoms with Crippen molar-refractivity contribution in [2.75, 3.05) is 7.11 Å². The molecule has 0 unspecified atom stereocenters. The molecule has 0 aliphatic carbocycles. The van der Waals surface area contributed by atoms with Crippen LogP contribution in [0.15, 0.2) is 29.4 Å². The topological polar surface area (TPSA) is 67.6 Å². The van der Waals surface area contributed by atoms with Crippen molar-refractivity contribution in [2.24, 2.45) is 4.99 Å². The van der Waals surface area contributed by atoms with Gasteiger partial charge in [0.25, 0.3) is 5.19 Å². The second-order valence-electron chi connectivity index (χ2n) is 2.82. The predicted molar refractivity (Wildman–Crippen MR) is 61.8 cm³/mol. The maximum Gasteiger partial charge on any atom is 0.277 e. The standard InChI is InChI=1S/C10H9N3O2S/c1-15-10-13-7(9(14)16-10)6-12-8-4-2-3-5-11-8/h2-6,14H,1H3/b12-6+. The van der Waals surface area contributed by atoms with E-state index in [2.05, 4.69) is 15.0 Å². The van der Waals surface area contributed by atoms with Gasteiger partial charge < -0.3 is 9.84 Å². The number of ether oxygens (including phenoxy) is 1. The Balaban J connectivity index is 2.20. The molecular weight excluding hydrogens is 226 g/mol. The third-order valence-corrected chi connectivity index (χ3v) is 2.59. The zero-order valence-corrected chi connectivity index (χ0v) is 9.31. The van der Waals surface area contributed by atoms with Crippen molar-refractivity contribution >= 4 is 23.4 Å². The molecule has 0 bridgehead atoms. The van der Waals surface area contributed by atoms with Crippen LogP contribution in [0.2, 0.25) is 0 Å². The van der Waals surface area contributed by atoms with Crippen molar-refractivity contribution < 1.29 is 9.84 Å². The molecule has 0 spiro atoms. The summed E-state index contributed by atoms with van der Waals surface area (Å²) in [5, 5.41) is 9.99. The third kappa shape index (κ3) is 2.34. The van der Waals surface area contributed by atoms with E-state index in [0.29, 0.717) is 16.7 Å². The Kier molecular flexibility index (Phi) is 3.11. The molecule has 2 rings (SSSR count). The molecule has 0 saturated heterocycles. The maximum absolute atomic E-state index is 9.50. The molecule has 2 aromatic rings. The van der Waals surface area contributed by atoms with Gasteiger partial charge in [0.05, 0.1) is 13.3 Å². The molecule has 0 radical (unpaired) electrons. The van der Waals surface area contributed by atoms with E-state index in [1.807, 2.05) is 12.1 Å². The fourth-order valence-corrected chi connectivity index (χ4v) is 1.63. The van der Waals surface area contributed by atoms with Crippen LogP contribution in [0.3, 0.4) is 0 Å². The number of aromatic nitrogens is 2. The van der Waals surface area contributed by atoms with Gasteiger partial charge in [-0.15, -0.1) is 0 Å². The van der Waals surface area contributed by atoms with Crippen LogP contribution in [0.5, 0.6) is 10.3 Å². The number of nitrogens with zero attached hydrogens (tertiary/aromatic N) is 3. The van der Waals surface area contributed by atoms with Crippen molar-refractivity contribution in [2.45, 2.75) is 0 Å². The smallest absolute Gasteiger partial charge is 0.277 e. The summed E-state index contributed by atoms with van der Waals surface area (Å²) < 4.78 is 4.90. The summed E-state index contributed by atoms with van der Waals surface area (Å²) in [6, 6.07) is 5.40. The Hall–Kier alpha value is -1.95. The largest absolute Gasteiger partial charge is 0.498 e. The number of aromatic hydroxyl groups is 1. The van der Waals surface area contributed by atoms with Crippen LogP contribution in [0, 0.1) is 0 Å². The molecular formula is C10H9N3O2S. The van der Waals surface area contributed by atoms with E-state index in [9.17, 15) is 5.11 Å². The van der Waals surface area contributed by atoms with Crippen molar-refractivity contribution in [1.29, 1.82) is 0 Å². The molecule has 0 saturated carbocycles. The van der Waals surface area contributed by atoms with Gasteiger partial charge in [0.15, 0.2) is 5.82 Å². The quantitative estimate of drug-likeness (QED) is 0.826. The molecule has 2 heterocycles. The molecule has 82 valence electrons. The number of methoxy groups -OCH3 is 1. The zero-order chi connectivity index (χ0) is 11.4. The Bertz CT molecular complexity index is 496. The van der Waals surface area contributed by atoms with E-state index in [4.69, 9.17) is 4.74 Å². The molecule has 16 heavy (non-hydrogen) atoms. The van der Waals surface area contributed by atoms with Crippen LogP contribution in [0.25, 0.3) is 0 Å². The summed E-state index contributed by atoms with van der Waals surface area (Å²) in [6.45, 7) is 0. The lowest BCUT2D eigenvalue weighted by Gasteiger charge is -1.89. The van der Waals surface area contributed by atoms with Crippen LogP contribution >= 0.6 is 11.3 Å². The number of aliphatic imine (C=N–C) groups is 1. The lowest BCUT2D eigenvalue weighted by Crippen LogP contribution is -1.84.